The van der Waals surface area contributed by atoms with Crippen molar-refractivity contribution in [3.8, 4) is 0 Å². The molecule has 1 amide bonds. The normalized spacial score (nSPS) is 12.8. The number of hydrogen-bond donors (Lipinski definition) is 2. The highest BCUT2D eigenvalue weighted by Crippen LogP contribution is 2.11. The molecule has 4 N–H and O–H groups in total. The monoisotopic (exact) mass is 168 g/mol. The molecular formula is C7H12N4O. The van der Waals surface area contributed by atoms with Crippen LogP contribution < -0.4 is 11.5 Å². The molecule has 1 aromatic heterocycles. The molecule has 0 saturated heterocycles. The van der Waals surface area contributed by atoms with Crippen LogP contribution in [0.25, 0.3) is 0 Å². The maximum atomic E-state index is 10.8. The minimum atomic E-state index is -0.418. The third-order valence-corrected chi connectivity index (χ3v) is 1.71. The Kier molecular flexibility index (Phi) is 2.44. The number of amides is 1. The molecule has 0 aliphatic carbocycles. The fraction of sp³-hybridized carbons (Fsp3) is 0.429. The van der Waals surface area contributed by atoms with E-state index in [-0.39, 0.29) is 6.54 Å². The standard InChI is InChI=1S/C7H12N4O/c1-11-4-5(3-10-11)6(2-8)7(9)12/h3-4,6H,2,8H2,1H3,(H2,9,12)/t6-/m1/s1. The Bertz CT molecular complexity index is 281. The summed E-state index contributed by atoms with van der Waals surface area (Å²) < 4.78 is 1.61. The number of carbonyl (C=O) groups excluding carboxylic acids is 1. The Hall–Kier alpha value is -1.36. The van der Waals surface area contributed by atoms with Crippen LogP contribution >= 0.6 is 0 Å². The summed E-state index contributed by atoms with van der Waals surface area (Å²) in [5.74, 6) is -0.829. The van der Waals surface area contributed by atoms with Crippen LogP contribution in [0.1, 0.15) is 11.5 Å². The summed E-state index contributed by atoms with van der Waals surface area (Å²) in [5.41, 5.74) is 11.3. The van der Waals surface area contributed by atoms with Gasteiger partial charge in [-0.2, -0.15) is 5.10 Å². The number of nitrogens with two attached hydrogens (primary N) is 2. The van der Waals surface area contributed by atoms with Crippen molar-refractivity contribution in [2.24, 2.45) is 18.5 Å². The number of nitrogens with zero attached hydrogens (tertiary/aromatic N) is 2. The molecule has 1 heterocycles. The molecule has 0 fully saturated rings. The van der Waals surface area contributed by atoms with E-state index in [1.54, 1.807) is 24.1 Å². The zero-order valence-electron chi connectivity index (χ0n) is 6.90. The van der Waals surface area contributed by atoms with E-state index in [0.717, 1.165) is 5.56 Å². The van der Waals surface area contributed by atoms with Crippen LogP contribution in [0.3, 0.4) is 0 Å². The SMILES string of the molecule is Cn1cc([C@@H](CN)C(N)=O)cn1. The van der Waals surface area contributed by atoms with Crippen molar-refractivity contribution in [2.75, 3.05) is 6.54 Å². The largest absolute Gasteiger partial charge is 0.369 e. The number of hydrogen-bond acceptors (Lipinski definition) is 3. The molecule has 0 aromatic carbocycles. The van der Waals surface area contributed by atoms with E-state index < -0.39 is 11.8 Å². The lowest BCUT2D eigenvalue weighted by atomic mass is 10.0. The van der Waals surface area contributed by atoms with E-state index in [9.17, 15) is 4.79 Å². The predicted molar refractivity (Wildman–Crippen MR) is 44.2 cm³/mol. The van der Waals surface area contributed by atoms with Crippen LogP contribution in [0.15, 0.2) is 12.4 Å². The third-order valence-electron chi connectivity index (χ3n) is 1.71. The quantitative estimate of drug-likeness (QED) is 0.603. The summed E-state index contributed by atoms with van der Waals surface area (Å²) in [6.45, 7) is 0.223. The number of aromatic nitrogens is 2. The lowest BCUT2D eigenvalue weighted by Gasteiger charge is -2.06. The van der Waals surface area contributed by atoms with Crippen molar-refractivity contribution in [1.29, 1.82) is 0 Å². The van der Waals surface area contributed by atoms with Crippen molar-refractivity contribution in [3.05, 3.63) is 18.0 Å². The van der Waals surface area contributed by atoms with Gasteiger partial charge in [0.2, 0.25) is 5.91 Å². The molecule has 5 nitrogen and oxygen atoms in total. The summed E-state index contributed by atoms with van der Waals surface area (Å²) in [6.07, 6.45) is 3.34. The molecule has 0 aliphatic rings. The van der Waals surface area contributed by atoms with Gasteiger partial charge in [-0.15, -0.1) is 0 Å². The number of aryl methyl sites for hydroxylation is 1. The van der Waals surface area contributed by atoms with Crippen LogP contribution in [-0.4, -0.2) is 22.2 Å². The Morgan fingerprint density at radius 1 is 1.83 bits per heavy atom. The number of carbonyl (C=O) groups is 1. The van der Waals surface area contributed by atoms with Gasteiger partial charge in [-0.1, -0.05) is 0 Å². The number of rotatable bonds is 3. The van der Waals surface area contributed by atoms with Gasteiger partial charge in [0.05, 0.1) is 12.1 Å². The highest BCUT2D eigenvalue weighted by molar-refractivity contribution is 5.81. The molecule has 0 unspecified atom stereocenters. The maximum Gasteiger partial charge on any atom is 0.226 e. The van der Waals surface area contributed by atoms with Crippen LogP contribution in [0.2, 0.25) is 0 Å². The van der Waals surface area contributed by atoms with Gasteiger partial charge < -0.3 is 11.5 Å². The zero-order valence-corrected chi connectivity index (χ0v) is 6.90. The Morgan fingerprint density at radius 3 is 2.83 bits per heavy atom. The first-order valence-corrected chi connectivity index (χ1v) is 3.63. The van der Waals surface area contributed by atoms with Crippen molar-refractivity contribution in [1.82, 2.24) is 9.78 Å². The average Bonchev–Trinajstić information content (AvgIpc) is 2.37. The first-order valence-electron chi connectivity index (χ1n) is 3.63. The van der Waals surface area contributed by atoms with Crippen molar-refractivity contribution in [2.45, 2.75) is 5.92 Å². The molecule has 0 radical (unpaired) electrons. The molecule has 1 rings (SSSR count). The lowest BCUT2D eigenvalue weighted by molar-refractivity contribution is -0.119. The predicted octanol–water partition coefficient (Wildman–Crippen LogP) is -1.05. The van der Waals surface area contributed by atoms with E-state index in [1.807, 2.05) is 0 Å². The third kappa shape index (κ3) is 1.62. The molecule has 1 aromatic rings. The van der Waals surface area contributed by atoms with Gasteiger partial charge >= 0.3 is 0 Å². The second-order valence-electron chi connectivity index (χ2n) is 2.64. The van der Waals surface area contributed by atoms with Gasteiger partial charge in [0.1, 0.15) is 0 Å². The van der Waals surface area contributed by atoms with E-state index in [0.29, 0.717) is 0 Å². The van der Waals surface area contributed by atoms with Gasteiger partial charge in [-0.3, -0.25) is 9.48 Å². The second kappa shape index (κ2) is 3.36. The fourth-order valence-electron chi connectivity index (χ4n) is 1.04. The fourth-order valence-corrected chi connectivity index (χ4v) is 1.04. The Labute approximate surface area is 70.3 Å². The van der Waals surface area contributed by atoms with Crippen LogP contribution in [-0.2, 0) is 11.8 Å². The first-order chi connectivity index (χ1) is 5.65. The molecule has 0 bridgehead atoms. The van der Waals surface area contributed by atoms with Crippen LogP contribution in [0, 0.1) is 0 Å². The van der Waals surface area contributed by atoms with Crippen molar-refractivity contribution < 1.29 is 4.79 Å². The molecule has 0 saturated carbocycles. The van der Waals surface area contributed by atoms with E-state index in [4.69, 9.17) is 11.5 Å². The van der Waals surface area contributed by atoms with Gasteiger partial charge in [0.25, 0.3) is 0 Å². The highest BCUT2D eigenvalue weighted by atomic mass is 16.1. The summed E-state index contributed by atoms with van der Waals surface area (Å²) in [7, 11) is 1.78. The summed E-state index contributed by atoms with van der Waals surface area (Å²) in [5, 5.41) is 3.92. The molecule has 5 heteroatoms. The van der Waals surface area contributed by atoms with Gasteiger partial charge in [-0.05, 0) is 0 Å². The molecule has 0 spiro atoms. The van der Waals surface area contributed by atoms with Gasteiger partial charge in [-0.25, -0.2) is 0 Å². The summed E-state index contributed by atoms with van der Waals surface area (Å²) >= 11 is 0. The maximum absolute atomic E-state index is 10.8. The van der Waals surface area contributed by atoms with Crippen LogP contribution in [0.4, 0.5) is 0 Å². The minimum absolute atomic E-state index is 0.223. The van der Waals surface area contributed by atoms with E-state index >= 15 is 0 Å². The van der Waals surface area contributed by atoms with Gasteiger partial charge in [0, 0.05) is 25.4 Å². The van der Waals surface area contributed by atoms with Gasteiger partial charge in [0.15, 0.2) is 0 Å². The zero-order chi connectivity index (χ0) is 9.14. The summed E-state index contributed by atoms with van der Waals surface area (Å²) in [6, 6.07) is 0. The van der Waals surface area contributed by atoms with Crippen molar-refractivity contribution >= 4 is 5.91 Å². The number of primary amides is 1. The average molecular weight is 168 g/mol. The topological polar surface area (TPSA) is 86.9 Å². The second-order valence-corrected chi connectivity index (χ2v) is 2.64. The smallest absolute Gasteiger partial charge is 0.226 e. The molecule has 0 aliphatic heterocycles. The first kappa shape index (κ1) is 8.73. The minimum Gasteiger partial charge on any atom is -0.369 e. The summed E-state index contributed by atoms with van der Waals surface area (Å²) in [4.78, 5) is 10.8. The van der Waals surface area contributed by atoms with Crippen molar-refractivity contribution in [3.63, 3.8) is 0 Å². The molecule has 66 valence electrons. The van der Waals surface area contributed by atoms with E-state index in [1.165, 1.54) is 0 Å². The molecule has 12 heavy (non-hydrogen) atoms. The molecule has 1 atom stereocenters. The van der Waals surface area contributed by atoms with E-state index in [2.05, 4.69) is 5.10 Å². The lowest BCUT2D eigenvalue weighted by Crippen LogP contribution is -2.27. The molecular weight excluding hydrogens is 156 g/mol. The Morgan fingerprint density at radius 2 is 2.50 bits per heavy atom. The van der Waals surface area contributed by atoms with Crippen LogP contribution in [0.5, 0.6) is 0 Å². The highest BCUT2D eigenvalue weighted by Gasteiger charge is 2.16. The Balaban J connectivity index is 2.87.